The standard InChI is InChI=1S/C14H18N2OS/c1-2-5-11(10-18)9-16-13-7-4-3-6-12(13)14(17)8-15-16/h3-4,6-8,11,18H,2,5,9-10H2,1H3. The van der Waals surface area contributed by atoms with Crippen molar-refractivity contribution in [3.8, 4) is 0 Å². The van der Waals surface area contributed by atoms with Crippen molar-refractivity contribution in [2.24, 2.45) is 5.92 Å². The van der Waals surface area contributed by atoms with Crippen LogP contribution >= 0.6 is 12.6 Å². The molecule has 0 N–H and O–H groups in total. The number of para-hydroxylation sites is 1. The van der Waals surface area contributed by atoms with Gasteiger partial charge in [-0.3, -0.25) is 9.48 Å². The molecule has 0 aliphatic carbocycles. The average Bonchev–Trinajstić information content (AvgIpc) is 2.41. The first kappa shape index (κ1) is 13.1. The Morgan fingerprint density at radius 3 is 2.89 bits per heavy atom. The molecule has 3 nitrogen and oxygen atoms in total. The van der Waals surface area contributed by atoms with Crippen LogP contribution in [0.4, 0.5) is 0 Å². The van der Waals surface area contributed by atoms with Gasteiger partial charge in [-0.1, -0.05) is 25.5 Å². The van der Waals surface area contributed by atoms with Gasteiger partial charge in [0.25, 0.3) is 0 Å². The summed E-state index contributed by atoms with van der Waals surface area (Å²) in [5.41, 5.74) is 0.896. The first-order valence-electron chi connectivity index (χ1n) is 6.32. The zero-order valence-corrected chi connectivity index (χ0v) is 11.4. The Morgan fingerprint density at radius 1 is 1.39 bits per heavy atom. The molecule has 2 aromatic rings. The highest BCUT2D eigenvalue weighted by atomic mass is 32.1. The van der Waals surface area contributed by atoms with Crippen molar-refractivity contribution in [2.75, 3.05) is 5.75 Å². The molecule has 1 heterocycles. The zero-order valence-electron chi connectivity index (χ0n) is 10.5. The fraction of sp³-hybridized carbons (Fsp3) is 0.429. The molecule has 0 saturated heterocycles. The molecule has 1 aromatic heterocycles. The quantitative estimate of drug-likeness (QED) is 0.841. The molecule has 0 bridgehead atoms. The molecule has 2 rings (SSSR count). The Labute approximate surface area is 112 Å². The molecule has 0 fully saturated rings. The van der Waals surface area contributed by atoms with Gasteiger partial charge in [-0.25, -0.2) is 0 Å². The van der Waals surface area contributed by atoms with Gasteiger partial charge in [-0.05, 0) is 30.2 Å². The Balaban J connectivity index is 2.39. The summed E-state index contributed by atoms with van der Waals surface area (Å²) < 4.78 is 1.92. The largest absolute Gasteiger partial charge is 0.287 e. The summed E-state index contributed by atoms with van der Waals surface area (Å²) in [4.78, 5) is 11.7. The highest BCUT2D eigenvalue weighted by molar-refractivity contribution is 7.80. The fourth-order valence-corrected chi connectivity index (χ4v) is 2.50. The summed E-state index contributed by atoms with van der Waals surface area (Å²) in [5.74, 6) is 1.34. The third-order valence-electron chi connectivity index (χ3n) is 3.15. The fourth-order valence-electron chi connectivity index (χ4n) is 2.20. The molecular weight excluding hydrogens is 244 g/mol. The molecule has 0 aliphatic rings. The van der Waals surface area contributed by atoms with E-state index in [0.29, 0.717) is 5.92 Å². The summed E-state index contributed by atoms with van der Waals surface area (Å²) in [6.45, 7) is 2.99. The van der Waals surface area contributed by atoms with Crippen LogP contribution in [0.1, 0.15) is 19.8 Å². The van der Waals surface area contributed by atoms with Crippen molar-refractivity contribution in [3.63, 3.8) is 0 Å². The number of rotatable bonds is 5. The second kappa shape index (κ2) is 6.05. The molecule has 0 saturated carbocycles. The molecule has 0 aliphatic heterocycles. The summed E-state index contributed by atoms with van der Waals surface area (Å²) >= 11 is 4.39. The van der Waals surface area contributed by atoms with E-state index in [0.717, 1.165) is 36.0 Å². The lowest BCUT2D eigenvalue weighted by atomic mass is 10.1. The number of aromatic nitrogens is 2. The maximum absolute atomic E-state index is 11.7. The van der Waals surface area contributed by atoms with Crippen LogP contribution in [0.2, 0.25) is 0 Å². The monoisotopic (exact) mass is 262 g/mol. The van der Waals surface area contributed by atoms with Gasteiger partial charge in [-0.2, -0.15) is 17.7 Å². The van der Waals surface area contributed by atoms with Gasteiger partial charge in [0.05, 0.1) is 11.7 Å². The van der Waals surface area contributed by atoms with Crippen molar-refractivity contribution >= 4 is 23.5 Å². The van der Waals surface area contributed by atoms with Crippen LogP contribution in [0.15, 0.2) is 35.3 Å². The third-order valence-corrected chi connectivity index (χ3v) is 3.66. The van der Waals surface area contributed by atoms with Crippen molar-refractivity contribution in [2.45, 2.75) is 26.3 Å². The first-order valence-corrected chi connectivity index (χ1v) is 6.95. The smallest absolute Gasteiger partial charge is 0.207 e. The molecule has 0 spiro atoms. The molecule has 1 atom stereocenters. The van der Waals surface area contributed by atoms with Crippen LogP contribution in [0.25, 0.3) is 10.9 Å². The molecule has 0 amide bonds. The second-order valence-electron chi connectivity index (χ2n) is 4.55. The molecule has 18 heavy (non-hydrogen) atoms. The van der Waals surface area contributed by atoms with Crippen molar-refractivity contribution < 1.29 is 0 Å². The lowest BCUT2D eigenvalue weighted by molar-refractivity contribution is 0.432. The highest BCUT2D eigenvalue weighted by Gasteiger charge is 2.09. The van der Waals surface area contributed by atoms with Gasteiger partial charge >= 0.3 is 0 Å². The SMILES string of the molecule is CCCC(CS)Cn1ncc(=O)c2ccccc21. The molecule has 1 aromatic carbocycles. The van der Waals surface area contributed by atoms with Crippen LogP contribution in [-0.2, 0) is 6.54 Å². The van der Waals surface area contributed by atoms with E-state index >= 15 is 0 Å². The van der Waals surface area contributed by atoms with Gasteiger partial charge in [0.15, 0.2) is 0 Å². The second-order valence-corrected chi connectivity index (χ2v) is 4.91. The van der Waals surface area contributed by atoms with Gasteiger partial charge in [0.1, 0.15) is 0 Å². The number of hydrogen-bond donors (Lipinski definition) is 1. The predicted molar refractivity (Wildman–Crippen MR) is 78.3 cm³/mol. The average molecular weight is 262 g/mol. The number of benzene rings is 1. The minimum absolute atomic E-state index is 0.0141. The molecule has 0 radical (unpaired) electrons. The Kier molecular flexibility index (Phi) is 4.42. The van der Waals surface area contributed by atoms with E-state index in [1.165, 1.54) is 6.20 Å². The zero-order chi connectivity index (χ0) is 13.0. The summed E-state index contributed by atoms with van der Waals surface area (Å²) in [6, 6.07) is 7.63. The third kappa shape index (κ3) is 2.75. The highest BCUT2D eigenvalue weighted by Crippen LogP contribution is 2.14. The lowest BCUT2D eigenvalue weighted by Crippen LogP contribution is -2.18. The molecule has 96 valence electrons. The maximum Gasteiger partial charge on any atom is 0.207 e. The van der Waals surface area contributed by atoms with E-state index < -0.39 is 0 Å². The topological polar surface area (TPSA) is 34.9 Å². The van der Waals surface area contributed by atoms with Crippen LogP contribution in [-0.4, -0.2) is 15.5 Å². The number of thiol groups is 1. The first-order chi connectivity index (χ1) is 8.76. The minimum atomic E-state index is -0.0141. The van der Waals surface area contributed by atoms with E-state index in [-0.39, 0.29) is 5.43 Å². The van der Waals surface area contributed by atoms with E-state index in [9.17, 15) is 4.79 Å². The van der Waals surface area contributed by atoms with Gasteiger partial charge in [0.2, 0.25) is 5.43 Å². The van der Waals surface area contributed by atoms with E-state index in [1.54, 1.807) is 0 Å². The van der Waals surface area contributed by atoms with Crippen LogP contribution in [0.5, 0.6) is 0 Å². The molecule has 4 heteroatoms. The van der Waals surface area contributed by atoms with Crippen molar-refractivity contribution in [3.05, 3.63) is 40.7 Å². The van der Waals surface area contributed by atoms with E-state index in [1.807, 2.05) is 28.9 Å². The van der Waals surface area contributed by atoms with E-state index in [4.69, 9.17) is 0 Å². The number of nitrogens with zero attached hydrogens (tertiary/aromatic N) is 2. The van der Waals surface area contributed by atoms with Crippen molar-refractivity contribution in [1.82, 2.24) is 9.78 Å². The summed E-state index contributed by atoms with van der Waals surface area (Å²) in [5, 5.41) is 4.98. The van der Waals surface area contributed by atoms with Gasteiger partial charge in [0, 0.05) is 11.9 Å². The predicted octanol–water partition coefficient (Wildman–Crippen LogP) is 2.74. The minimum Gasteiger partial charge on any atom is -0.287 e. The number of fused-ring (bicyclic) bond motifs is 1. The van der Waals surface area contributed by atoms with Crippen LogP contribution < -0.4 is 5.43 Å². The van der Waals surface area contributed by atoms with Crippen LogP contribution in [0.3, 0.4) is 0 Å². The number of hydrogen-bond acceptors (Lipinski definition) is 3. The molecule has 1 unspecified atom stereocenters. The van der Waals surface area contributed by atoms with Crippen molar-refractivity contribution in [1.29, 1.82) is 0 Å². The Morgan fingerprint density at radius 2 is 2.17 bits per heavy atom. The maximum atomic E-state index is 11.7. The Bertz CT molecular complexity index is 579. The lowest BCUT2D eigenvalue weighted by Gasteiger charge is -2.16. The van der Waals surface area contributed by atoms with Crippen LogP contribution in [0, 0.1) is 5.92 Å². The van der Waals surface area contributed by atoms with Gasteiger partial charge in [-0.15, -0.1) is 0 Å². The Hall–Kier alpha value is -1.29. The summed E-state index contributed by atoms with van der Waals surface area (Å²) in [7, 11) is 0. The molecular formula is C14H18N2OS. The normalized spacial score (nSPS) is 12.8. The van der Waals surface area contributed by atoms with E-state index in [2.05, 4.69) is 24.7 Å². The summed E-state index contributed by atoms with van der Waals surface area (Å²) in [6.07, 6.45) is 3.68. The van der Waals surface area contributed by atoms with Gasteiger partial charge < -0.3 is 0 Å².